The fourth-order valence-electron chi connectivity index (χ4n) is 2.89. The van der Waals surface area contributed by atoms with Gasteiger partial charge in [0, 0.05) is 7.11 Å². The molecule has 120 valence electrons. The average molecular weight is 310 g/mol. The van der Waals surface area contributed by atoms with Gasteiger partial charge in [0.15, 0.2) is 0 Å². The predicted molar refractivity (Wildman–Crippen MR) is 91.9 cm³/mol. The van der Waals surface area contributed by atoms with Gasteiger partial charge in [0.05, 0.1) is 17.6 Å². The van der Waals surface area contributed by atoms with Crippen molar-refractivity contribution < 1.29 is 9.47 Å². The molecule has 0 saturated carbocycles. The maximum absolute atomic E-state index is 5.93. The smallest absolute Gasteiger partial charge is 0.136 e. The van der Waals surface area contributed by atoms with Crippen LogP contribution in [0, 0.1) is 13.8 Å². The zero-order chi connectivity index (χ0) is 16.2. The topological polar surface area (TPSA) is 36.3 Å². The van der Waals surface area contributed by atoms with E-state index in [1.807, 2.05) is 18.2 Å². The lowest BCUT2D eigenvalue weighted by Crippen LogP contribution is -2.11. The summed E-state index contributed by atoms with van der Waals surface area (Å²) in [7, 11) is 1.69. The maximum Gasteiger partial charge on any atom is 0.136 e. The van der Waals surface area contributed by atoms with Gasteiger partial charge in [-0.15, -0.1) is 0 Å². The number of para-hydroxylation sites is 2. The first-order valence-electron chi connectivity index (χ1n) is 7.81. The molecule has 0 aliphatic carbocycles. The molecule has 4 heteroatoms. The van der Waals surface area contributed by atoms with Crippen molar-refractivity contribution in [3.63, 3.8) is 0 Å². The van der Waals surface area contributed by atoms with Crippen molar-refractivity contribution >= 4 is 11.0 Å². The highest BCUT2D eigenvalue weighted by atomic mass is 16.5. The Labute approximate surface area is 136 Å². The average Bonchev–Trinajstić information content (AvgIpc) is 2.85. The number of hydrogen-bond acceptors (Lipinski definition) is 3. The first kappa shape index (κ1) is 15.6. The standard InChI is InChI=1S/C19H22N2O2/c1-14-10-15(2)12-16(11-14)23-9-8-21-18-7-5-4-6-17(18)20-19(21)13-22-3/h4-7,10-12H,8-9,13H2,1-3H3. The highest BCUT2D eigenvalue weighted by molar-refractivity contribution is 5.75. The SMILES string of the molecule is COCc1nc2ccccc2n1CCOc1cc(C)cc(C)c1. The lowest BCUT2D eigenvalue weighted by molar-refractivity contribution is 0.173. The van der Waals surface area contributed by atoms with Gasteiger partial charge in [-0.25, -0.2) is 4.98 Å². The second kappa shape index (κ2) is 6.84. The molecule has 0 aliphatic rings. The summed E-state index contributed by atoms with van der Waals surface area (Å²) in [5.74, 6) is 1.85. The number of benzene rings is 2. The normalized spacial score (nSPS) is 11.1. The summed E-state index contributed by atoms with van der Waals surface area (Å²) in [6.45, 7) is 6.00. The number of nitrogens with zero attached hydrogens (tertiary/aromatic N) is 2. The number of methoxy groups -OCH3 is 1. The molecule has 0 fully saturated rings. The molecule has 0 N–H and O–H groups in total. The molecule has 1 aromatic heterocycles. The summed E-state index contributed by atoms with van der Waals surface area (Å²) in [6, 6.07) is 14.4. The zero-order valence-corrected chi connectivity index (χ0v) is 13.9. The van der Waals surface area contributed by atoms with Crippen LogP contribution < -0.4 is 4.74 Å². The van der Waals surface area contributed by atoms with Crippen LogP contribution in [0.2, 0.25) is 0 Å². The van der Waals surface area contributed by atoms with Crippen LogP contribution in [-0.4, -0.2) is 23.3 Å². The van der Waals surface area contributed by atoms with E-state index in [0.29, 0.717) is 13.2 Å². The highest BCUT2D eigenvalue weighted by Gasteiger charge is 2.10. The fourth-order valence-corrected chi connectivity index (χ4v) is 2.89. The van der Waals surface area contributed by atoms with E-state index in [4.69, 9.17) is 9.47 Å². The van der Waals surface area contributed by atoms with E-state index in [-0.39, 0.29) is 0 Å². The first-order chi connectivity index (χ1) is 11.2. The Morgan fingerprint density at radius 2 is 1.78 bits per heavy atom. The number of imidazole rings is 1. The molecule has 0 unspecified atom stereocenters. The van der Waals surface area contributed by atoms with Gasteiger partial charge in [-0.05, 0) is 49.2 Å². The summed E-state index contributed by atoms with van der Waals surface area (Å²) < 4.78 is 13.4. The molecule has 1 heterocycles. The van der Waals surface area contributed by atoms with E-state index >= 15 is 0 Å². The molecule has 0 bridgehead atoms. The van der Waals surface area contributed by atoms with Crippen LogP contribution in [0.25, 0.3) is 11.0 Å². The predicted octanol–water partition coefficient (Wildman–Crippen LogP) is 3.88. The van der Waals surface area contributed by atoms with Crippen LogP contribution in [0.3, 0.4) is 0 Å². The van der Waals surface area contributed by atoms with Crippen LogP contribution in [0.1, 0.15) is 17.0 Å². The Balaban J connectivity index is 1.77. The Morgan fingerprint density at radius 3 is 2.52 bits per heavy atom. The Hall–Kier alpha value is -2.33. The van der Waals surface area contributed by atoms with E-state index in [1.165, 1.54) is 11.1 Å². The van der Waals surface area contributed by atoms with Crippen LogP contribution in [0.5, 0.6) is 5.75 Å². The molecule has 4 nitrogen and oxygen atoms in total. The van der Waals surface area contributed by atoms with Crippen LogP contribution in [-0.2, 0) is 17.9 Å². The Bertz CT molecular complexity index is 788. The van der Waals surface area contributed by atoms with Gasteiger partial charge in [0.25, 0.3) is 0 Å². The molecular weight excluding hydrogens is 288 g/mol. The van der Waals surface area contributed by atoms with E-state index in [9.17, 15) is 0 Å². The minimum atomic E-state index is 0.498. The van der Waals surface area contributed by atoms with Gasteiger partial charge >= 0.3 is 0 Å². The summed E-state index contributed by atoms with van der Waals surface area (Å²) >= 11 is 0. The van der Waals surface area contributed by atoms with Gasteiger partial charge < -0.3 is 14.0 Å². The second-order valence-electron chi connectivity index (χ2n) is 5.77. The minimum Gasteiger partial charge on any atom is -0.492 e. The summed E-state index contributed by atoms with van der Waals surface area (Å²) in [6.07, 6.45) is 0. The van der Waals surface area contributed by atoms with Crippen LogP contribution in [0.15, 0.2) is 42.5 Å². The Kier molecular flexibility index (Phi) is 4.63. The maximum atomic E-state index is 5.93. The van der Waals surface area contributed by atoms with E-state index < -0.39 is 0 Å². The lowest BCUT2D eigenvalue weighted by atomic mass is 10.1. The number of hydrogen-bond donors (Lipinski definition) is 0. The van der Waals surface area contributed by atoms with E-state index in [0.717, 1.165) is 29.2 Å². The highest BCUT2D eigenvalue weighted by Crippen LogP contribution is 2.18. The van der Waals surface area contributed by atoms with Crippen molar-refractivity contribution in [1.82, 2.24) is 9.55 Å². The third kappa shape index (κ3) is 3.54. The minimum absolute atomic E-state index is 0.498. The van der Waals surface area contributed by atoms with Crippen molar-refractivity contribution in [2.24, 2.45) is 0 Å². The third-order valence-electron chi connectivity index (χ3n) is 3.79. The molecule has 0 saturated heterocycles. The molecule has 0 amide bonds. The largest absolute Gasteiger partial charge is 0.492 e. The zero-order valence-electron chi connectivity index (χ0n) is 13.9. The first-order valence-corrected chi connectivity index (χ1v) is 7.81. The molecule has 0 radical (unpaired) electrons. The Morgan fingerprint density at radius 1 is 1.04 bits per heavy atom. The molecule has 23 heavy (non-hydrogen) atoms. The quantitative estimate of drug-likeness (QED) is 0.693. The summed E-state index contributed by atoms with van der Waals surface area (Å²) in [4.78, 5) is 4.64. The van der Waals surface area contributed by atoms with Crippen molar-refractivity contribution in [3.8, 4) is 5.75 Å². The summed E-state index contributed by atoms with van der Waals surface area (Å²) in [5, 5.41) is 0. The lowest BCUT2D eigenvalue weighted by Gasteiger charge is -2.11. The van der Waals surface area contributed by atoms with Crippen molar-refractivity contribution in [1.29, 1.82) is 0 Å². The number of ether oxygens (including phenoxy) is 2. The number of aryl methyl sites for hydroxylation is 2. The summed E-state index contributed by atoms with van der Waals surface area (Å²) in [5.41, 5.74) is 4.54. The van der Waals surface area contributed by atoms with E-state index in [1.54, 1.807) is 7.11 Å². The molecule has 0 atom stereocenters. The monoisotopic (exact) mass is 310 g/mol. The number of fused-ring (bicyclic) bond motifs is 1. The van der Waals surface area contributed by atoms with E-state index in [2.05, 4.69) is 47.7 Å². The van der Waals surface area contributed by atoms with Crippen molar-refractivity contribution in [2.75, 3.05) is 13.7 Å². The van der Waals surface area contributed by atoms with Crippen molar-refractivity contribution in [3.05, 3.63) is 59.4 Å². The molecule has 3 rings (SSSR count). The molecular formula is C19H22N2O2. The molecule has 2 aromatic carbocycles. The van der Waals surface area contributed by atoms with Crippen molar-refractivity contribution in [2.45, 2.75) is 27.0 Å². The van der Waals surface area contributed by atoms with Gasteiger partial charge in [-0.2, -0.15) is 0 Å². The van der Waals surface area contributed by atoms with Gasteiger partial charge in [-0.1, -0.05) is 18.2 Å². The second-order valence-corrected chi connectivity index (χ2v) is 5.77. The fraction of sp³-hybridized carbons (Fsp3) is 0.316. The van der Waals surface area contributed by atoms with Gasteiger partial charge in [0.2, 0.25) is 0 Å². The van der Waals surface area contributed by atoms with Gasteiger partial charge in [0.1, 0.15) is 24.8 Å². The molecule has 3 aromatic rings. The molecule has 0 aliphatic heterocycles. The van der Waals surface area contributed by atoms with Gasteiger partial charge in [-0.3, -0.25) is 0 Å². The van der Waals surface area contributed by atoms with Crippen LogP contribution >= 0.6 is 0 Å². The van der Waals surface area contributed by atoms with Crippen LogP contribution in [0.4, 0.5) is 0 Å². The molecule has 0 spiro atoms. The third-order valence-corrected chi connectivity index (χ3v) is 3.79. The number of rotatable bonds is 6. The number of aromatic nitrogens is 2.